The lowest BCUT2D eigenvalue weighted by Gasteiger charge is -2.34. The first-order valence-corrected chi connectivity index (χ1v) is 11.1. The van der Waals surface area contributed by atoms with Gasteiger partial charge >= 0.3 is 0 Å². The van der Waals surface area contributed by atoms with Gasteiger partial charge in [0.15, 0.2) is 0 Å². The number of aromatic nitrogens is 1. The Kier molecular flexibility index (Phi) is 5.57. The van der Waals surface area contributed by atoms with E-state index in [1.54, 1.807) is 17.0 Å². The molecule has 31 heavy (non-hydrogen) atoms. The Balaban J connectivity index is 1.40. The zero-order valence-electron chi connectivity index (χ0n) is 16.5. The summed E-state index contributed by atoms with van der Waals surface area (Å²) >= 11 is 0. The van der Waals surface area contributed by atoms with Crippen LogP contribution < -0.4 is 0 Å². The van der Waals surface area contributed by atoms with Crippen molar-refractivity contribution in [2.45, 2.75) is 4.90 Å². The van der Waals surface area contributed by atoms with Crippen LogP contribution >= 0.6 is 0 Å². The molecule has 10 heteroatoms. The van der Waals surface area contributed by atoms with E-state index in [4.69, 9.17) is 0 Å². The number of carbonyl (C=O) groups is 1. The maximum atomic E-state index is 12.8. The van der Waals surface area contributed by atoms with Gasteiger partial charge in [0.1, 0.15) is 0 Å². The van der Waals surface area contributed by atoms with Crippen molar-refractivity contribution in [1.29, 1.82) is 0 Å². The van der Waals surface area contributed by atoms with Crippen LogP contribution in [-0.2, 0) is 10.0 Å². The third-order valence-corrected chi connectivity index (χ3v) is 7.14. The number of benzene rings is 2. The van der Waals surface area contributed by atoms with Gasteiger partial charge in [-0.2, -0.15) is 4.31 Å². The van der Waals surface area contributed by atoms with Gasteiger partial charge in [0, 0.05) is 62.0 Å². The fourth-order valence-electron chi connectivity index (χ4n) is 3.49. The number of piperazine rings is 1. The minimum absolute atomic E-state index is 0.00141. The van der Waals surface area contributed by atoms with E-state index in [0.717, 1.165) is 5.69 Å². The Morgan fingerprint density at radius 1 is 0.871 bits per heavy atom. The molecule has 2 heterocycles. The summed E-state index contributed by atoms with van der Waals surface area (Å²) in [5, 5.41) is 10.8. The first-order chi connectivity index (χ1) is 14.9. The SMILES string of the molecule is O=C(c1ccc(-n2cccc2)cc1)N1CCN(S(=O)(=O)c2ccc([N+](=O)[O-])cc2)CC1. The number of nitro benzene ring substituents is 1. The zero-order valence-corrected chi connectivity index (χ0v) is 17.3. The van der Waals surface area contributed by atoms with Gasteiger partial charge in [-0.25, -0.2) is 8.42 Å². The van der Waals surface area contributed by atoms with E-state index in [-0.39, 0.29) is 42.7 Å². The number of nitro groups is 1. The molecule has 3 aromatic rings. The van der Waals surface area contributed by atoms with Crippen LogP contribution in [0.1, 0.15) is 10.4 Å². The van der Waals surface area contributed by atoms with Gasteiger partial charge in [0.25, 0.3) is 11.6 Å². The lowest BCUT2D eigenvalue weighted by molar-refractivity contribution is -0.384. The van der Waals surface area contributed by atoms with Crippen molar-refractivity contribution in [3.8, 4) is 5.69 Å². The molecule has 0 unspecified atom stereocenters. The minimum atomic E-state index is -3.78. The summed E-state index contributed by atoms with van der Waals surface area (Å²) < 4.78 is 28.9. The summed E-state index contributed by atoms with van der Waals surface area (Å²) in [5.41, 5.74) is 1.32. The van der Waals surface area contributed by atoms with E-state index in [1.807, 2.05) is 41.2 Å². The third kappa shape index (κ3) is 4.21. The number of carbonyl (C=O) groups excluding carboxylic acids is 1. The standard InChI is InChI=1S/C21H20N4O5S/c26-21(17-3-5-18(6-4-17)22-11-1-2-12-22)23-13-15-24(16-14-23)31(29,30)20-9-7-19(8-10-20)25(27)28/h1-12H,13-16H2. The zero-order chi connectivity index (χ0) is 22.0. The van der Waals surface area contributed by atoms with Crippen molar-refractivity contribution in [3.63, 3.8) is 0 Å². The number of hydrogen-bond acceptors (Lipinski definition) is 5. The van der Waals surface area contributed by atoms with E-state index in [2.05, 4.69) is 0 Å². The summed E-state index contributed by atoms with van der Waals surface area (Å²) in [6, 6.07) is 15.9. The van der Waals surface area contributed by atoms with Crippen molar-refractivity contribution in [1.82, 2.24) is 13.8 Å². The Morgan fingerprint density at radius 2 is 1.45 bits per heavy atom. The molecule has 0 aliphatic carbocycles. The summed E-state index contributed by atoms with van der Waals surface area (Å²) in [5.74, 6) is -0.147. The highest BCUT2D eigenvalue weighted by molar-refractivity contribution is 7.89. The van der Waals surface area contributed by atoms with Crippen LogP contribution in [0.4, 0.5) is 5.69 Å². The highest BCUT2D eigenvalue weighted by Gasteiger charge is 2.30. The molecule has 1 fully saturated rings. The van der Waals surface area contributed by atoms with E-state index in [9.17, 15) is 23.3 Å². The van der Waals surface area contributed by atoms with Gasteiger partial charge < -0.3 is 9.47 Å². The fourth-order valence-corrected chi connectivity index (χ4v) is 4.91. The second-order valence-corrected chi connectivity index (χ2v) is 9.02. The predicted molar refractivity (Wildman–Crippen MR) is 114 cm³/mol. The Labute approximate surface area is 179 Å². The monoisotopic (exact) mass is 440 g/mol. The molecular weight excluding hydrogens is 420 g/mol. The van der Waals surface area contributed by atoms with Gasteiger partial charge in [-0.3, -0.25) is 14.9 Å². The number of non-ortho nitro benzene ring substituents is 1. The Bertz CT molecular complexity index is 1180. The van der Waals surface area contributed by atoms with Gasteiger partial charge in [-0.1, -0.05) is 0 Å². The molecule has 1 aliphatic heterocycles. The van der Waals surface area contributed by atoms with Crippen molar-refractivity contribution in [3.05, 3.63) is 88.7 Å². The van der Waals surface area contributed by atoms with Gasteiger partial charge in [-0.15, -0.1) is 0 Å². The molecule has 0 saturated carbocycles. The smallest absolute Gasteiger partial charge is 0.269 e. The lowest BCUT2D eigenvalue weighted by atomic mass is 10.1. The maximum absolute atomic E-state index is 12.8. The van der Waals surface area contributed by atoms with Crippen LogP contribution in [0.3, 0.4) is 0 Å². The molecule has 1 amide bonds. The topological polar surface area (TPSA) is 106 Å². The molecule has 160 valence electrons. The molecular formula is C21H20N4O5S. The summed E-state index contributed by atoms with van der Waals surface area (Å²) in [7, 11) is -3.78. The van der Waals surface area contributed by atoms with E-state index in [0.29, 0.717) is 5.56 Å². The predicted octanol–water partition coefficient (Wildman–Crippen LogP) is 2.53. The number of nitrogens with zero attached hydrogens (tertiary/aromatic N) is 4. The van der Waals surface area contributed by atoms with Crippen LogP contribution in [0.25, 0.3) is 5.69 Å². The molecule has 0 bridgehead atoms. The second kappa shape index (κ2) is 8.32. The van der Waals surface area contributed by atoms with Gasteiger partial charge in [0.2, 0.25) is 10.0 Å². The average Bonchev–Trinajstić information content (AvgIpc) is 3.34. The molecule has 0 radical (unpaired) electrons. The summed E-state index contributed by atoms with van der Waals surface area (Å²) in [4.78, 5) is 24.6. The van der Waals surface area contributed by atoms with E-state index < -0.39 is 14.9 Å². The van der Waals surface area contributed by atoms with Gasteiger partial charge in [0.05, 0.1) is 9.82 Å². The maximum Gasteiger partial charge on any atom is 0.269 e. The molecule has 4 rings (SSSR count). The third-order valence-electron chi connectivity index (χ3n) is 5.23. The lowest BCUT2D eigenvalue weighted by Crippen LogP contribution is -2.50. The summed E-state index contributed by atoms with van der Waals surface area (Å²) in [6.45, 7) is 0.855. The van der Waals surface area contributed by atoms with Crippen molar-refractivity contribution >= 4 is 21.6 Å². The van der Waals surface area contributed by atoms with Gasteiger partial charge in [-0.05, 0) is 48.5 Å². The number of rotatable bonds is 5. The van der Waals surface area contributed by atoms with Crippen LogP contribution in [0.2, 0.25) is 0 Å². The van der Waals surface area contributed by atoms with Crippen molar-refractivity contribution in [2.24, 2.45) is 0 Å². The van der Waals surface area contributed by atoms with Crippen LogP contribution in [0, 0.1) is 10.1 Å². The molecule has 1 aromatic heterocycles. The highest BCUT2D eigenvalue weighted by Crippen LogP contribution is 2.21. The molecule has 1 aliphatic rings. The largest absolute Gasteiger partial charge is 0.336 e. The Morgan fingerprint density at radius 3 is 2.00 bits per heavy atom. The minimum Gasteiger partial charge on any atom is -0.336 e. The molecule has 2 aromatic carbocycles. The average molecular weight is 440 g/mol. The normalized spacial score (nSPS) is 15.0. The van der Waals surface area contributed by atoms with Crippen molar-refractivity contribution in [2.75, 3.05) is 26.2 Å². The summed E-state index contributed by atoms with van der Waals surface area (Å²) in [6.07, 6.45) is 3.84. The van der Waals surface area contributed by atoms with E-state index in [1.165, 1.54) is 28.6 Å². The number of amides is 1. The van der Waals surface area contributed by atoms with E-state index >= 15 is 0 Å². The molecule has 1 saturated heterocycles. The van der Waals surface area contributed by atoms with Crippen LogP contribution in [0.5, 0.6) is 0 Å². The Hall–Kier alpha value is -3.50. The van der Waals surface area contributed by atoms with Crippen LogP contribution in [-0.4, -0.2) is 59.2 Å². The second-order valence-electron chi connectivity index (χ2n) is 7.08. The number of hydrogen-bond donors (Lipinski definition) is 0. The van der Waals surface area contributed by atoms with Crippen molar-refractivity contribution < 1.29 is 18.1 Å². The quantitative estimate of drug-likeness (QED) is 0.448. The molecule has 0 spiro atoms. The number of sulfonamides is 1. The van der Waals surface area contributed by atoms with Crippen LogP contribution in [0.15, 0.2) is 78.0 Å². The first-order valence-electron chi connectivity index (χ1n) is 9.63. The fraction of sp³-hybridized carbons (Fsp3) is 0.190. The first kappa shape index (κ1) is 20.8. The molecule has 9 nitrogen and oxygen atoms in total. The highest BCUT2D eigenvalue weighted by atomic mass is 32.2. The molecule has 0 atom stereocenters. The molecule has 0 N–H and O–H groups in total.